The van der Waals surface area contributed by atoms with Gasteiger partial charge in [0.25, 0.3) is 5.91 Å². The van der Waals surface area contributed by atoms with Gasteiger partial charge in [-0.15, -0.1) is 11.3 Å². The van der Waals surface area contributed by atoms with E-state index in [-0.39, 0.29) is 11.9 Å². The fourth-order valence-corrected chi connectivity index (χ4v) is 3.33. The summed E-state index contributed by atoms with van der Waals surface area (Å²) in [5.41, 5.74) is 0.651. The molecule has 102 valence electrons. The number of carboxylic acid groups (broad SMARTS) is 1. The summed E-state index contributed by atoms with van der Waals surface area (Å²) in [5.74, 6) is -1.50. The van der Waals surface area contributed by atoms with Crippen molar-refractivity contribution in [1.82, 2.24) is 5.32 Å². The number of rotatable bonds is 3. The minimum Gasteiger partial charge on any atom is -0.481 e. The van der Waals surface area contributed by atoms with Crippen LogP contribution < -0.4 is 5.32 Å². The van der Waals surface area contributed by atoms with Crippen molar-refractivity contribution in [2.75, 3.05) is 0 Å². The molecule has 1 aromatic carbocycles. The van der Waals surface area contributed by atoms with Gasteiger partial charge in [-0.2, -0.15) is 0 Å². The lowest BCUT2D eigenvalue weighted by molar-refractivity contribution is -0.140. The molecule has 1 aliphatic carbocycles. The van der Waals surface area contributed by atoms with Crippen molar-refractivity contribution in [1.29, 1.82) is 0 Å². The van der Waals surface area contributed by atoms with Gasteiger partial charge in [-0.05, 0) is 12.5 Å². The fourth-order valence-electron chi connectivity index (χ4n) is 2.39. The monoisotopic (exact) mass is 287 g/mol. The number of hydrogen-bond acceptors (Lipinski definition) is 3. The van der Waals surface area contributed by atoms with Crippen LogP contribution in [0.1, 0.15) is 16.8 Å². The molecule has 0 aliphatic heterocycles. The first kappa shape index (κ1) is 12.9. The molecule has 1 amide bonds. The maximum atomic E-state index is 12.3. The predicted molar refractivity (Wildman–Crippen MR) is 78.0 cm³/mol. The molecular formula is C15H13NO3S. The van der Waals surface area contributed by atoms with E-state index in [4.69, 9.17) is 5.11 Å². The van der Waals surface area contributed by atoms with Crippen molar-refractivity contribution < 1.29 is 14.7 Å². The number of carboxylic acids is 1. The van der Waals surface area contributed by atoms with Gasteiger partial charge in [0.15, 0.2) is 0 Å². The average Bonchev–Trinajstić information content (AvgIpc) is 3.04. The largest absolute Gasteiger partial charge is 0.481 e. The van der Waals surface area contributed by atoms with Crippen molar-refractivity contribution >= 4 is 33.3 Å². The van der Waals surface area contributed by atoms with Crippen LogP contribution in [0.4, 0.5) is 0 Å². The van der Waals surface area contributed by atoms with Crippen LogP contribution in [0.5, 0.6) is 0 Å². The summed E-state index contributed by atoms with van der Waals surface area (Å²) in [5, 5.41) is 14.6. The number of aliphatic carboxylic acids is 1. The minimum absolute atomic E-state index is 0.150. The number of carbonyl (C=O) groups excluding carboxylic acids is 1. The zero-order valence-electron chi connectivity index (χ0n) is 10.6. The number of carbonyl (C=O) groups is 2. The zero-order valence-corrected chi connectivity index (χ0v) is 11.4. The molecular weight excluding hydrogens is 274 g/mol. The Morgan fingerprint density at radius 2 is 2.05 bits per heavy atom. The number of amides is 1. The van der Waals surface area contributed by atoms with Crippen LogP contribution in [0.25, 0.3) is 10.1 Å². The Labute approximate surface area is 119 Å². The minimum atomic E-state index is -0.848. The van der Waals surface area contributed by atoms with Gasteiger partial charge in [0.1, 0.15) is 0 Å². The van der Waals surface area contributed by atoms with E-state index in [1.54, 1.807) is 12.2 Å². The molecule has 1 aliphatic rings. The first-order valence-corrected chi connectivity index (χ1v) is 7.21. The molecule has 0 fully saturated rings. The molecule has 0 radical (unpaired) electrons. The molecule has 1 heterocycles. The highest BCUT2D eigenvalue weighted by Crippen LogP contribution is 2.26. The highest BCUT2D eigenvalue weighted by molar-refractivity contribution is 7.17. The van der Waals surface area contributed by atoms with Crippen LogP contribution in [0, 0.1) is 5.92 Å². The summed E-state index contributed by atoms with van der Waals surface area (Å²) < 4.78 is 1.07. The van der Waals surface area contributed by atoms with Gasteiger partial charge in [-0.25, -0.2) is 0 Å². The highest BCUT2D eigenvalue weighted by atomic mass is 32.1. The van der Waals surface area contributed by atoms with Crippen LogP contribution in [-0.2, 0) is 4.79 Å². The third-order valence-corrected chi connectivity index (χ3v) is 4.41. The van der Waals surface area contributed by atoms with Crippen molar-refractivity contribution in [3.63, 3.8) is 0 Å². The van der Waals surface area contributed by atoms with Gasteiger partial charge in [0.05, 0.1) is 11.5 Å². The van der Waals surface area contributed by atoms with Crippen LogP contribution in [0.3, 0.4) is 0 Å². The van der Waals surface area contributed by atoms with E-state index in [2.05, 4.69) is 5.32 Å². The van der Waals surface area contributed by atoms with Crippen molar-refractivity contribution in [2.45, 2.75) is 12.5 Å². The number of nitrogens with one attached hydrogen (secondary N) is 1. The first-order chi connectivity index (χ1) is 9.65. The summed E-state index contributed by atoms with van der Waals surface area (Å²) in [6, 6.07) is 7.54. The van der Waals surface area contributed by atoms with Gasteiger partial charge in [-0.3, -0.25) is 9.59 Å². The second kappa shape index (κ2) is 5.09. The lowest BCUT2D eigenvalue weighted by Crippen LogP contribution is -2.33. The van der Waals surface area contributed by atoms with Crippen molar-refractivity contribution in [3.05, 3.63) is 47.4 Å². The fraction of sp³-hybridized carbons (Fsp3) is 0.200. The molecule has 2 atom stereocenters. The van der Waals surface area contributed by atoms with E-state index in [0.29, 0.717) is 12.0 Å². The Kier molecular flexibility index (Phi) is 3.28. The Balaban J connectivity index is 1.75. The second-order valence-electron chi connectivity index (χ2n) is 4.79. The number of hydrogen-bond donors (Lipinski definition) is 2. The Morgan fingerprint density at radius 1 is 1.25 bits per heavy atom. The molecule has 2 unspecified atom stereocenters. The second-order valence-corrected chi connectivity index (χ2v) is 5.70. The van der Waals surface area contributed by atoms with Crippen molar-refractivity contribution in [3.8, 4) is 0 Å². The van der Waals surface area contributed by atoms with Crippen LogP contribution in [0.2, 0.25) is 0 Å². The van der Waals surface area contributed by atoms with Gasteiger partial charge in [0.2, 0.25) is 0 Å². The summed E-state index contributed by atoms with van der Waals surface area (Å²) in [6.07, 6.45) is 3.81. The van der Waals surface area contributed by atoms with Gasteiger partial charge in [0, 0.05) is 21.5 Å². The predicted octanol–water partition coefficient (Wildman–Crippen LogP) is 2.66. The van der Waals surface area contributed by atoms with E-state index in [0.717, 1.165) is 10.1 Å². The smallest absolute Gasteiger partial charge is 0.310 e. The molecule has 3 rings (SSSR count). The summed E-state index contributed by atoms with van der Waals surface area (Å²) in [4.78, 5) is 23.1. The maximum Gasteiger partial charge on any atom is 0.310 e. The van der Waals surface area contributed by atoms with E-state index < -0.39 is 11.9 Å². The number of benzene rings is 1. The molecule has 2 N–H and O–H groups in total. The third-order valence-electron chi connectivity index (χ3n) is 3.44. The number of thiophene rings is 1. The van der Waals surface area contributed by atoms with Crippen molar-refractivity contribution in [2.24, 2.45) is 5.92 Å². The molecule has 0 spiro atoms. The average molecular weight is 287 g/mol. The summed E-state index contributed by atoms with van der Waals surface area (Å²) >= 11 is 1.53. The van der Waals surface area contributed by atoms with Crippen LogP contribution in [0.15, 0.2) is 41.8 Å². The van der Waals surface area contributed by atoms with Crippen LogP contribution in [-0.4, -0.2) is 23.0 Å². The molecule has 4 nitrogen and oxygen atoms in total. The van der Waals surface area contributed by atoms with E-state index in [9.17, 15) is 9.59 Å². The SMILES string of the molecule is O=C(NC1C=CC(C(=O)O)C1)c1csc2ccccc12. The number of fused-ring (bicyclic) bond motifs is 1. The van der Waals surface area contributed by atoms with Gasteiger partial charge in [-0.1, -0.05) is 30.4 Å². The Bertz CT molecular complexity index is 704. The zero-order chi connectivity index (χ0) is 14.1. The summed E-state index contributed by atoms with van der Waals surface area (Å²) in [7, 11) is 0. The normalized spacial score (nSPS) is 21.2. The van der Waals surface area contributed by atoms with E-state index in [1.165, 1.54) is 11.3 Å². The molecule has 0 bridgehead atoms. The molecule has 2 aromatic rings. The molecule has 5 heteroatoms. The third kappa shape index (κ3) is 2.32. The molecule has 0 saturated carbocycles. The molecule has 20 heavy (non-hydrogen) atoms. The van der Waals surface area contributed by atoms with E-state index >= 15 is 0 Å². The van der Waals surface area contributed by atoms with Gasteiger partial charge >= 0.3 is 5.97 Å². The maximum absolute atomic E-state index is 12.3. The quantitative estimate of drug-likeness (QED) is 0.853. The first-order valence-electron chi connectivity index (χ1n) is 6.33. The van der Waals surface area contributed by atoms with E-state index in [1.807, 2.05) is 29.6 Å². The lowest BCUT2D eigenvalue weighted by Gasteiger charge is -2.11. The topological polar surface area (TPSA) is 66.4 Å². The molecule has 1 aromatic heterocycles. The van der Waals surface area contributed by atoms with Crippen LogP contribution >= 0.6 is 11.3 Å². The Hall–Kier alpha value is -2.14. The Morgan fingerprint density at radius 3 is 2.80 bits per heavy atom. The highest BCUT2D eigenvalue weighted by Gasteiger charge is 2.26. The molecule has 0 saturated heterocycles. The standard InChI is InChI=1S/C15H13NO3S/c17-14(16-10-6-5-9(7-10)15(18)19)12-8-20-13-4-2-1-3-11(12)13/h1-6,8-10H,7H2,(H,16,17)(H,18,19). The van der Waals surface area contributed by atoms with Gasteiger partial charge < -0.3 is 10.4 Å². The summed E-state index contributed by atoms with van der Waals surface area (Å²) in [6.45, 7) is 0. The lowest BCUT2D eigenvalue weighted by atomic mass is 10.1.